The van der Waals surface area contributed by atoms with Crippen molar-refractivity contribution in [2.24, 2.45) is 0 Å². The van der Waals surface area contributed by atoms with Crippen LogP contribution in [-0.4, -0.2) is 39.0 Å². The molecule has 0 aliphatic carbocycles. The summed E-state index contributed by atoms with van der Waals surface area (Å²) < 4.78 is 28.2. The van der Waals surface area contributed by atoms with E-state index in [9.17, 15) is 9.32 Å². The van der Waals surface area contributed by atoms with E-state index in [0.29, 0.717) is 16.3 Å². The van der Waals surface area contributed by atoms with Crippen LogP contribution >= 0.6 is 0 Å². The maximum absolute atomic E-state index is 12.4. The topological polar surface area (TPSA) is 120 Å². The summed E-state index contributed by atoms with van der Waals surface area (Å²) in [5.74, 6) is 0.449. The molecule has 0 saturated carbocycles. The smallest absolute Gasteiger partial charge is 0.240 e. The van der Waals surface area contributed by atoms with E-state index in [1.54, 1.807) is 50.7 Å². The third kappa shape index (κ3) is 4.33. The molecule has 3 aromatic rings. The standard InChI is InChI=1S/C18H21N5O3S/c1-12(24)11-22-27(19,25)14-5-3-13(4-6-14)23-16-8-10-20-17-15(16)7-9-21-18(17)26-2/h3-10,12,24H,11H2,1-2H3,(H,20,23)(H2,19,22,25)/t12-,27-/m1/s1. The molecular formula is C18H21N5O3S. The largest absolute Gasteiger partial charge is 0.479 e. The van der Waals surface area contributed by atoms with E-state index in [4.69, 9.17) is 9.52 Å². The van der Waals surface area contributed by atoms with Gasteiger partial charge in [0.25, 0.3) is 0 Å². The number of nitrogens with one attached hydrogen (secondary N) is 3. The first-order valence-electron chi connectivity index (χ1n) is 8.27. The SMILES string of the molecule is COc1nccc2c(Nc3ccc([S@](=N)(=O)NC[C@@H](C)O)cc3)ccnc12. The van der Waals surface area contributed by atoms with Gasteiger partial charge in [-0.2, -0.15) is 0 Å². The van der Waals surface area contributed by atoms with E-state index < -0.39 is 16.0 Å². The number of anilines is 2. The minimum absolute atomic E-state index is 0.0845. The van der Waals surface area contributed by atoms with Crippen molar-refractivity contribution >= 4 is 32.2 Å². The van der Waals surface area contributed by atoms with Crippen molar-refractivity contribution in [3.05, 3.63) is 48.8 Å². The second kappa shape index (κ2) is 7.87. The van der Waals surface area contributed by atoms with Crippen LogP contribution in [0.15, 0.2) is 53.7 Å². The molecule has 0 spiro atoms. The number of nitrogens with zero attached hydrogens (tertiary/aromatic N) is 2. The zero-order valence-electron chi connectivity index (χ0n) is 15.0. The lowest BCUT2D eigenvalue weighted by atomic mass is 10.2. The Morgan fingerprint density at radius 1 is 1.19 bits per heavy atom. The number of aliphatic hydroxyl groups excluding tert-OH is 1. The molecule has 27 heavy (non-hydrogen) atoms. The molecule has 0 bridgehead atoms. The number of hydrogen-bond donors (Lipinski definition) is 4. The quantitative estimate of drug-likeness (QED) is 0.495. The zero-order chi connectivity index (χ0) is 19.4. The number of aromatic nitrogens is 2. The molecule has 2 aromatic heterocycles. The number of methoxy groups -OCH3 is 1. The van der Waals surface area contributed by atoms with Crippen LogP contribution < -0.4 is 14.8 Å². The van der Waals surface area contributed by atoms with Crippen molar-refractivity contribution in [2.75, 3.05) is 19.0 Å². The lowest BCUT2D eigenvalue weighted by molar-refractivity contribution is 0.199. The fraction of sp³-hybridized carbons (Fsp3) is 0.222. The molecule has 0 radical (unpaired) electrons. The van der Waals surface area contributed by atoms with Crippen LogP contribution in [0.25, 0.3) is 10.9 Å². The fourth-order valence-electron chi connectivity index (χ4n) is 2.52. The number of rotatable bonds is 7. The zero-order valence-corrected chi connectivity index (χ0v) is 15.8. The van der Waals surface area contributed by atoms with Gasteiger partial charge in [0, 0.05) is 35.7 Å². The third-order valence-electron chi connectivity index (χ3n) is 3.87. The van der Waals surface area contributed by atoms with Crippen LogP contribution in [0.2, 0.25) is 0 Å². The number of fused-ring (bicyclic) bond motifs is 1. The molecule has 142 valence electrons. The van der Waals surface area contributed by atoms with Gasteiger partial charge in [0.15, 0.2) is 0 Å². The average molecular weight is 387 g/mol. The number of benzene rings is 1. The Labute approximate surface area is 157 Å². The Morgan fingerprint density at radius 2 is 1.89 bits per heavy atom. The van der Waals surface area contributed by atoms with Gasteiger partial charge in [-0.25, -0.2) is 18.7 Å². The van der Waals surface area contributed by atoms with Gasteiger partial charge in [-0.3, -0.25) is 4.98 Å². The van der Waals surface area contributed by atoms with Crippen LogP contribution in [0.1, 0.15) is 6.92 Å². The molecule has 2 heterocycles. The highest BCUT2D eigenvalue weighted by molar-refractivity contribution is 7.90. The molecule has 0 saturated heterocycles. The van der Waals surface area contributed by atoms with E-state index in [1.165, 1.54) is 0 Å². The number of pyridine rings is 2. The summed E-state index contributed by atoms with van der Waals surface area (Å²) in [6.07, 6.45) is 2.64. The molecule has 4 N–H and O–H groups in total. The summed E-state index contributed by atoms with van der Waals surface area (Å²) >= 11 is 0. The molecule has 3 rings (SSSR count). The van der Waals surface area contributed by atoms with Gasteiger partial charge in [-0.15, -0.1) is 0 Å². The van der Waals surface area contributed by atoms with Crippen LogP contribution in [0.3, 0.4) is 0 Å². The molecule has 1 aromatic carbocycles. The number of hydrogen-bond acceptors (Lipinski definition) is 7. The van der Waals surface area contributed by atoms with Gasteiger partial charge in [-0.05, 0) is 43.3 Å². The molecule has 9 heteroatoms. The Kier molecular flexibility index (Phi) is 5.54. The fourth-order valence-corrected chi connectivity index (χ4v) is 3.68. The summed E-state index contributed by atoms with van der Waals surface area (Å²) in [7, 11) is -1.61. The van der Waals surface area contributed by atoms with Gasteiger partial charge in [0.2, 0.25) is 5.88 Å². The molecule has 0 aliphatic heterocycles. The van der Waals surface area contributed by atoms with Crippen LogP contribution in [-0.2, 0) is 9.92 Å². The molecule has 0 fully saturated rings. The van der Waals surface area contributed by atoms with E-state index in [-0.39, 0.29) is 6.54 Å². The highest BCUT2D eigenvalue weighted by Crippen LogP contribution is 2.29. The molecular weight excluding hydrogens is 366 g/mol. The Morgan fingerprint density at radius 3 is 2.56 bits per heavy atom. The van der Waals surface area contributed by atoms with Crippen molar-refractivity contribution in [2.45, 2.75) is 17.9 Å². The average Bonchev–Trinajstić information content (AvgIpc) is 2.67. The molecule has 0 amide bonds. The molecule has 0 aliphatic rings. The number of aliphatic hydroxyl groups is 1. The van der Waals surface area contributed by atoms with Gasteiger partial charge in [-0.1, -0.05) is 0 Å². The second-order valence-electron chi connectivity index (χ2n) is 5.98. The maximum atomic E-state index is 12.4. The first-order chi connectivity index (χ1) is 12.9. The van der Waals surface area contributed by atoms with Crippen molar-refractivity contribution in [3.63, 3.8) is 0 Å². The Hall–Kier alpha value is -2.75. The molecule has 2 atom stereocenters. The molecule has 8 nitrogen and oxygen atoms in total. The van der Waals surface area contributed by atoms with E-state index >= 15 is 0 Å². The Bertz CT molecular complexity index is 1040. The van der Waals surface area contributed by atoms with Gasteiger partial charge < -0.3 is 15.2 Å². The maximum Gasteiger partial charge on any atom is 0.240 e. The summed E-state index contributed by atoms with van der Waals surface area (Å²) in [5.41, 5.74) is 2.25. The van der Waals surface area contributed by atoms with E-state index in [1.807, 2.05) is 12.1 Å². The summed E-state index contributed by atoms with van der Waals surface area (Å²) in [5, 5.41) is 13.4. The first kappa shape index (κ1) is 19.0. The number of ether oxygens (including phenoxy) is 1. The summed E-state index contributed by atoms with van der Waals surface area (Å²) in [6, 6.07) is 10.4. The second-order valence-corrected chi connectivity index (χ2v) is 7.85. The Balaban J connectivity index is 1.84. The van der Waals surface area contributed by atoms with Gasteiger partial charge in [0.05, 0.1) is 18.1 Å². The summed E-state index contributed by atoms with van der Waals surface area (Å²) in [6.45, 7) is 1.65. The minimum atomic E-state index is -3.16. The van der Waals surface area contributed by atoms with Crippen molar-refractivity contribution in [1.29, 1.82) is 4.78 Å². The van der Waals surface area contributed by atoms with Crippen LogP contribution in [0.4, 0.5) is 11.4 Å². The predicted octanol–water partition coefficient (Wildman–Crippen LogP) is 2.67. The third-order valence-corrected chi connectivity index (χ3v) is 5.38. The lowest BCUT2D eigenvalue weighted by Gasteiger charge is -2.13. The van der Waals surface area contributed by atoms with Gasteiger partial charge in [0.1, 0.15) is 15.4 Å². The van der Waals surface area contributed by atoms with Gasteiger partial charge >= 0.3 is 0 Å². The lowest BCUT2D eigenvalue weighted by Crippen LogP contribution is -2.29. The highest BCUT2D eigenvalue weighted by Gasteiger charge is 2.12. The summed E-state index contributed by atoms with van der Waals surface area (Å²) in [4.78, 5) is 8.81. The minimum Gasteiger partial charge on any atom is -0.479 e. The van der Waals surface area contributed by atoms with Crippen molar-refractivity contribution < 1.29 is 14.1 Å². The highest BCUT2D eigenvalue weighted by atomic mass is 32.2. The monoisotopic (exact) mass is 387 g/mol. The van der Waals surface area contributed by atoms with Crippen molar-refractivity contribution in [1.82, 2.24) is 14.7 Å². The van der Waals surface area contributed by atoms with Crippen molar-refractivity contribution in [3.8, 4) is 5.88 Å². The predicted molar refractivity (Wildman–Crippen MR) is 105 cm³/mol. The van der Waals surface area contributed by atoms with Crippen LogP contribution in [0.5, 0.6) is 5.88 Å². The molecule has 0 unspecified atom stereocenters. The normalized spacial score (nSPS) is 14.5. The van der Waals surface area contributed by atoms with E-state index in [2.05, 4.69) is 20.0 Å². The first-order valence-corrected chi connectivity index (χ1v) is 9.83. The van der Waals surface area contributed by atoms with E-state index in [0.717, 1.165) is 16.8 Å². The van der Waals surface area contributed by atoms with Crippen LogP contribution in [0, 0.1) is 4.78 Å².